The summed E-state index contributed by atoms with van der Waals surface area (Å²) in [6, 6.07) is 15.8. The first-order chi connectivity index (χ1) is 15.5. The molecular weight excluding hydrogens is 408 g/mol. The van der Waals surface area contributed by atoms with Gasteiger partial charge in [0, 0.05) is 36.9 Å². The van der Waals surface area contributed by atoms with Crippen molar-refractivity contribution in [3.63, 3.8) is 0 Å². The summed E-state index contributed by atoms with van der Waals surface area (Å²) in [4.78, 5) is 38.4. The van der Waals surface area contributed by atoms with E-state index in [9.17, 15) is 14.4 Å². The van der Waals surface area contributed by atoms with Crippen molar-refractivity contribution in [3.8, 4) is 5.75 Å². The van der Waals surface area contributed by atoms with Crippen LogP contribution < -0.4 is 20.7 Å². The SMILES string of the molecule is C=CCNC(=O)Nc1ccc(NC(=O)C2CCN(C(=O)COc3ccccc3)CC2)cc1. The fraction of sp³-hybridized carbons (Fsp3) is 0.292. The second-order valence-electron chi connectivity index (χ2n) is 7.45. The first-order valence-electron chi connectivity index (χ1n) is 10.6. The summed E-state index contributed by atoms with van der Waals surface area (Å²) in [7, 11) is 0. The predicted molar refractivity (Wildman–Crippen MR) is 124 cm³/mol. The largest absolute Gasteiger partial charge is 0.484 e. The van der Waals surface area contributed by atoms with Crippen molar-refractivity contribution in [1.29, 1.82) is 0 Å². The Morgan fingerprint density at radius 2 is 1.59 bits per heavy atom. The molecule has 4 amide bonds. The number of para-hydroxylation sites is 1. The summed E-state index contributed by atoms with van der Waals surface area (Å²) >= 11 is 0. The van der Waals surface area contributed by atoms with Gasteiger partial charge in [-0.05, 0) is 49.2 Å². The van der Waals surface area contributed by atoms with Crippen molar-refractivity contribution in [2.75, 3.05) is 36.9 Å². The molecule has 0 spiro atoms. The van der Waals surface area contributed by atoms with Crippen LogP contribution in [0.3, 0.4) is 0 Å². The van der Waals surface area contributed by atoms with Crippen LogP contribution in [0.2, 0.25) is 0 Å². The lowest BCUT2D eigenvalue weighted by Gasteiger charge is -2.31. The molecule has 0 radical (unpaired) electrons. The molecule has 1 aliphatic heterocycles. The summed E-state index contributed by atoms with van der Waals surface area (Å²) in [6.07, 6.45) is 2.80. The number of rotatable bonds is 8. The predicted octanol–water partition coefficient (Wildman–Crippen LogP) is 3.25. The maximum absolute atomic E-state index is 12.6. The first kappa shape index (κ1) is 22.9. The van der Waals surface area contributed by atoms with Crippen molar-refractivity contribution in [2.24, 2.45) is 5.92 Å². The van der Waals surface area contributed by atoms with Crippen LogP contribution in [0.25, 0.3) is 0 Å². The van der Waals surface area contributed by atoms with E-state index in [0.717, 1.165) is 0 Å². The lowest BCUT2D eigenvalue weighted by atomic mass is 9.95. The minimum absolute atomic E-state index is 0.00707. The zero-order valence-electron chi connectivity index (χ0n) is 17.9. The van der Waals surface area contributed by atoms with Crippen LogP contribution in [0, 0.1) is 5.92 Å². The van der Waals surface area contributed by atoms with Crippen molar-refractivity contribution in [3.05, 3.63) is 67.3 Å². The first-order valence-corrected chi connectivity index (χ1v) is 10.6. The Kier molecular flexibility index (Phi) is 8.25. The van der Waals surface area contributed by atoms with Crippen LogP contribution in [-0.4, -0.2) is 49.0 Å². The number of urea groups is 1. The van der Waals surface area contributed by atoms with Crippen LogP contribution >= 0.6 is 0 Å². The van der Waals surface area contributed by atoms with E-state index >= 15 is 0 Å². The summed E-state index contributed by atoms with van der Waals surface area (Å²) in [6.45, 7) is 4.97. The number of amides is 4. The molecule has 168 valence electrons. The van der Waals surface area contributed by atoms with Crippen LogP contribution in [0.4, 0.5) is 16.2 Å². The number of ether oxygens (including phenoxy) is 1. The van der Waals surface area contributed by atoms with Gasteiger partial charge in [-0.1, -0.05) is 24.3 Å². The number of benzene rings is 2. The zero-order chi connectivity index (χ0) is 22.8. The number of likely N-dealkylation sites (tertiary alicyclic amines) is 1. The van der Waals surface area contributed by atoms with E-state index in [1.807, 2.05) is 30.3 Å². The van der Waals surface area contributed by atoms with Crippen LogP contribution in [0.5, 0.6) is 5.75 Å². The molecule has 0 unspecified atom stereocenters. The van der Waals surface area contributed by atoms with Gasteiger partial charge in [-0.2, -0.15) is 0 Å². The molecule has 0 aromatic heterocycles. The van der Waals surface area contributed by atoms with Crippen molar-refractivity contribution >= 4 is 29.2 Å². The summed E-state index contributed by atoms with van der Waals surface area (Å²) in [5.41, 5.74) is 1.27. The Hall–Kier alpha value is -3.81. The lowest BCUT2D eigenvalue weighted by molar-refractivity contribution is -0.136. The highest BCUT2D eigenvalue weighted by Gasteiger charge is 2.27. The van der Waals surface area contributed by atoms with Gasteiger partial charge in [-0.15, -0.1) is 6.58 Å². The van der Waals surface area contributed by atoms with Crippen LogP contribution in [-0.2, 0) is 9.59 Å². The van der Waals surface area contributed by atoms with Gasteiger partial charge in [-0.3, -0.25) is 9.59 Å². The zero-order valence-corrected chi connectivity index (χ0v) is 17.9. The number of nitrogens with zero attached hydrogens (tertiary/aromatic N) is 1. The van der Waals surface area contributed by atoms with Gasteiger partial charge < -0.3 is 25.6 Å². The molecule has 0 aliphatic carbocycles. The number of hydrogen-bond acceptors (Lipinski definition) is 4. The maximum Gasteiger partial charge on any atom is 0.319 e. The normalized spacial score (nSPS) is 13.7. The summed E-state index contributed by atoms with van der Waals surface area (Å²) in [5, 5.41) is 8.23. The Morgan fingerprint density at radius 1 is 0.969 bits per heavy atom. The number of carbonyl (C=O) groups is 3. The van der Waals surface area contributed by atoms with Gasteiger partial charge in [0.2, 0.25) is 5.91 Å². The maximum atomic E-state index is 12.6. The lowest BCUT2D eigenvalue weighted by Crippen LogP contribution is -2.43. The van der Waals surface area contributed by atoms with Gasteiger partial charge in [0.05, 0.1) is 0 Å². The van der Waals surface area contributed by atoms with Gasteiger partial charge in [-0.25, -0.2) is 4.79 Å². The minimum atomic E-state index is -0.322. The van der Waals surface area contributed by atoms with E-state index in [1.54, 1.807) is 35.2 Å². The molecular formula is C24H28N4O4. The molecule has 0 saturated carbocycles. The van der Waals surface area contributed by atoms with E-state index in [-0.39, 0.29) is 30.4 Å². The van der Waals surface area contributed by atoms with Gasteiger partial charge in [0.1, 0.15) is 5.75 Å². The van der Waals surface area contributed by atoms with Crippen molar-refractivity contribution in [1.82, 2.24) is 10.2 Å². The summed E-state index contributed by atoms with van der Waals surface area (Å²) in [5.74, 6) is 0.361. The molecule has 1 saturated heterocycles. The van der Waals surface area contributed by atoms with Crippen molar-refractivity contribution < 1.29 is 19.1 Å². The second kappa shape index (κ2) is 11.5. The number of carbonyl (C=O) groups excluding carboxylic acids is 3. The Balaban J connectivity index is 1.40. The van der Waals surface area contributed by atoms with E-state index in [4.69, 9.17) is 4.74 Å². The van der Waals surface area contributed by atoms with E-state index in [0.29, 0.717) is 49.6 Å². The molecule has 3 rings (SSSR count). The molecule has 2 aromatic carbocycles. The third-order valence-electron chi connectivity index (χ3n) is 5.14. The van der Waals surface area contributed by atoms with E-state index in [1.165, 1.54) is 0 Å². The third kappa shape index (κ3) is 6.87. The molecule has 1 fully saturated rings. The Morgan fingerprint density at radius 3 is 2.22 bits per heavy atom. The van der Waals surface area contributed by atoms with E-state index < -0.39 is 0 Å². The van der Waals surface area contributed by atoms with Gasteiger partial charge in [0.25, 0.3) is 5.91 Å². The molecule has 32 heavy (non-hydrogen) atoms. The van der Waals surface area contributed by atoms with Gasteiger partial charge in [0.15, 0.2) is 6.61 Å². The highest BCUT2D eigenvalue weighted by atomic mass is 16.5. The minimum Gasteiger partial charge on any atom is -0.484 e. The average Bonchev–Trinajstić information content (AvgIpc) is 2.83. The smallest absolute Gasteiger partial charge is 0.319 e. The third-order valence-corrected chi connectivity index (χ3v) is 5.14. The van der Waals surface area contributed by atoms with Crippen LogP contribution in [0.1, 0.15) is 12.8 Å². The Bertz CT molecular complexity index is 923. The average molecular weight is 437 g/mol. The molecule has 0 atom stereocenters. The van der Waals surface area contributed by atoms with E-state index in [2.05, 4.69) is 22.5 Å². The number of nitrogens with one attached hydrogen (secondary N) is 3. The topological polar surface area (TPSA) is 99.8 Å². The number of hydrogen-bond donors (Lipinski definition) is 3. The molecule has 8 heteroatoms. The van der Waals surface area contributed by atoms with Gasteiger partial charge >= 0.3 is 6.03 Å². The number of piperidine rings is 1. The monoisotopic (exact) mass is 436 g/mol. The molecule has 0 bridgehead atoms. The fourth-order valence-electron chi connectivity index (χ4n) is 3.37. The second-order valence-corrected chi connectivity index (χ2v) is 7.45. The van der Waals surface area contributed by atoms with Crippen molar-refractivity contribution in [2.45, 2.75) is 12.8 Å². The number of anilines is 2. The highest BCUT2D eigenvalue weighted by Crippen LogP contribution is 2.21. The quantitative estimate of drug-likeness (QED) is 0.553. The molecule has 1 heterocycles. The Labute approximate surface area is 187 Å². The molecule has 2 aromatic rings. The standard InChI is InChI=1S/C24H28N4O4/c1-2-14-25-24(31)27-20-10-8-19(9-11-20)26-23(30)18-12-15-28(16-13-18)22(29)17-32-21-6-4-3-5-7-21/h2-11,18H,1,12-17H2,(H,26,30)(H2,25,27,31). The molecule has 3 N–H and O–H groups in total. The molecule has 1 aliphatic rings. The van der Waals surface area contributed by atoms with Crippen LogP contribution in [0.15, 0.2) is 67.3 Å². The summed E-state index contributed by atoms with van der Waals surface area (Å²) < 4.78 is 5.52. The molecule has 8 nitrogen and oxygen atoms in total. The highest BCUT2D eigenvalue weighted by molar-refractivity contribution is 5.93. The fourth-order valence-corrected chi connectivity index (χ4v) is 3.37.